The van der Waals surface area contributed by atoms with Gasteiger partial charge in [0.25, 0.3) is 11.8 Å². The molecule has 0 radical (unpaired) electrons. The van der Waals surface area contributed by atoms with Gasteiger partial charge in [-0.05, 0) is 49.1 Å². The van der Waals surface area contributed by atoms with Crippen LogP contribution in [0.25, 0.3) is 0 Å². The summed E-state index contributed by atoms with van der Waals surface area (Å²) in [6.45, 7) is 1.98. The zero-order chi connectivity index (χ0) is 29.6. The molecule has 1 spiro atoms. The molecule has 3 aliphatic heterocycles. The maximum atomic E-state index is 13.2. The third-order valence-corrected chi connectivity index (χ3v) is 7.88. The van der Waals surface area contributed by atoms with Gasteiger partial charge in [0.2, 0.25) is 0 Å². The summed E-state index contributed by atoms with van der Waals surface area (Å²) in [4.78, 5) is 40.2. The lowest BCUT2D eigenvalue weighted by atomic mass is 9.87. The maximum Gasteiger partial charge on any atom is 0.407 e. The van der Waals surface area contributed by atoms with Crippen LogP contribution in [0.15, 0.2) is 54.6 Å². The lowest BCUT2D eigenvalue weighted by Gasteiger charge is -2.37. The molecule has 1 atom stereocenters. The van der Waals surface area contributed by atoms with Crippen LogP contribution in [0.4, 0.5) is 18.4 Å². The van der Waals surface area contributed by atoms with Gasteiger partial charge in [-0.3, -0.25) is 9.69 Å². The Balaban J connectivity index is 0.000000328. The number of likely N-dealkylation sites (tertiary alicyclic amines) is 2. The molecular weight excluding hydrogens is 536 g/mol. The average Bonchev–Trinajstić information content (AvgIpc) is 3.45. The third kappa shape index (κ3) is 7.50. The molecule has 0 saturated carbocycles. The van der Waals surface area contributed by atoms with Gasteiger partial charge in [-0.1, -0.05) is 42.5 Å². The number of nitrogens with zero attached hydrogens (tertiary/aromatic N) is 3. The number of carbonyl (C=O) groups excluding carboxylic acids is 2. The Morgan fingerprint density at radius 1 is 1.05 bits per heavy atom. The van der Waals surface area contributed by atoms with Crippen LogP contribution >= 0.6 is 0 Å². The second-order valence-corrected chi connectivity index (χ2v) is 10.7. The van der Waals surface area contributed by atoms with Crippen molar-refractivity contribution >= 4 is 18.0 Å². The summed E-state index contributed by atoms with van der Waals surface area (Å²) >= 11 is 0. The summed E-state index contributed by atoms with van der Waals surface area (Å²) in [5, 5.41) is 11.2. The number of hydrogen-bond donors (Lipinski definition) is 3. The van der Waals surface area contributed by atoms with E-state index in [2.05, 4.69) is 22.3 Å². The molecule has 0 aliphatic carbocycles. The van der Waals surface area contributed by atoms with Gasteiger partial charge in [0.05, 0.1) is 20.2 Å². The number of halogens is 2. The van der Waals surface area contributed by atoms with Crippen molar-refractivity contribution in [2.24, 2.45) is 5.73 Å². The Hall–Kier alpha value is -3.77. The van der Waals surface area contributed by atoms with E-state index in [0.717, 1.165) is 47.8 Å². The number of nitrogens with two attached hydrogens (primary N) is 1. The molecule has 2 aromatic rings. The number of carboxylic acid groups (broad SMARTS) is 1. The van der Waals surface area contributed by atoms with E-state index in [-0.39, 0.29) is 37.5 Å². The fraction of sp³-hybridized carbons (Fsp3) is 0.483. The number of imide groups is 1. The second kappa shape index (κ2) is 12.8. The number of rotatable bonds is 7. The number of methoxy groups -OCH3 is 1. The van der Waals surface area contributed by atoms with Gasteiger partial charge < -0.3 is 30.7 Å². The number of ether oxygens (including phenoxy) is 1. The molecule has 3 heterocycles. The number of urea groups is 1. The van der Waals surface area contributed by atoms with Crippen LogP contribution in [0.2, 0.25) is 0 Å². The van der Waals surface area contributed by atoms with Crippen molar-refractivity contribution in [1.82, 2.24) is 20.0 Å². The van der Waals surface area contributed by atoms with Crippen LogP contribution in [0, 0.1) is 0 Å². The normalized spacial score (nSPS) is 20.4. The predicted molar refractivity (Wildman–Crippen MR) is 148 cm³/mol. The van der Waals surface area contributed by atoms with E-state index in [1.54, 1.807) is 7.11 Å². The van der Waals surface area contributed by atoms with Crippen molar-refractivity contribution in [3.8, 4) is 5.75 Å². The lowest BCUT2D eigenvalue weighted by Crippen LogP contribution is -2.55. The van der Waals surface area contributed by atoms with Crippen molar-refractivity contribution in [2.75, 3.05) is 39.8 Å². The number of benzene rings is 2. The van der Waals surface area contributed by atoms with Crippen molar-refractivity contribution in [3.05, 3.63) is 65.7 Å². The van der Waals surface area contributed by atoms with Crippen LogP contribution in [-0.2, 0) is 11.3 Å². The largest absolute Gasteiger partial charge is 0.497 e. The Labute approximate surface area is 238 Å². The number of hydrogen-bond acceptors (Lipinski definition) is 6. The Kier molecular flexibility index (Phi) is 9.44. The summed E-state index contributed by atoms with van der Waals surface area (Å²) in [5.74, 6) is -2.18. The summed E-state index contributed by atoms with van der Waals surface area (Å²) in [6.07, 6.45) is 0.492. The van der Waals surface area contributed by atoms with Crippen molar-refractivity contribution in [1.29, 1.82) is 0 Å². The van der Waals surface area contributed by atoms with E-state index in [9.17, 15) is 23.2 Å². The number of alkyl halides is 2. The molecule has 41 heavy (non-hydrogen) atoms. The molecule has 0 unspecified atom stereocenters. The SMILES string of the molecule is COc1ccc(CN2C(=O)NC3(CCN(CC[C@H](N)c4ccccc4)CC3)C2=O)cc1.O=C(O)N1CCC(F)(F)C1. The van der Waals surface area contributed by atoms with Crippen LogP contribution in [0.5, 0.6) is 5.75 Å². The predicted octanol–water partition coefficient (Wildman–Crippen LogP) is 3.68. The Morgan fingerprint density at radius 2 is 1.71 bits per heavy atom. The number of amides is 4. The molecule has 3 saturated heterocycles. The average molecular weight is 574 g/mol. The van der Waals surface area contributed by atoms with Crippen LogP contribution < -0.4 is 15.8 Å². The summed E-state index contributed by atoms with van der Waals surface area (Å²) < 4.78 is 29.7. The second-order valence-electron chi connectivity index (χ2n) is 10.7. The molecule has 5 rings (SSSR count). The molecule has 4 N–H and O–H groups in total. The smallest absolute Gasteiger partial charge is 0.407 e. The molecule has 2 aromatic carbocycles. The molecule has 3 fully saturated rings. The summed E-state index contributed by atoms with van der Waals surface area (Å²) in [7, 11) is 1.61. The first kappa shape index (κ1) is 30.2. The minimum Gasteiger partial charge on any atom is -0.497 e. The van der Waals surface area contributed by atoms with Crippen molar-refractivity contribution in [3.63, 3.8) is 0 Å². The van der Waals surface area contributed by atoms with E-state index in [1.165, 1.54) is 4.90 Å². The molecule has 10 nitrogen and oxygen atoms in total. The van der Waals surface area contributed by atoms with E-state index in [0.29, 0.717) is 12.8 Å². The van der Waals surface area contributed by atoms with Gasteiger partial charge in [-0.25, -0.2) is 18.4 Å². The monoisotopic (exact) mass is 573 g/mol. The van der Waals surface area contributed by atoms with Crippen LogP contribution in [-0.4, -0.2) is 89.1 Å². The fourth-order valence-corrected chi connectivity index (χ4v) is 5.32. The zero-order valence-corrected chi connectivity index (χ0v) is 23.1. The Bertz CT molecular complexity index is 1210. The molecule has 0 aromatic heterocycles. The highest BCUT2D eigenvalue weighted by molar-refractivity contribution is 6.07. The van der Waals surface area contributed by atoms with Crippen LogP contribution in [0.1, 0.15) is 42.9 Å². The summed E-state index contributed by atoms with van der Waals surface area (Å²) in [5.41, 5.74) is 7.59. The number of carbonyl (C=O) groups is 3. The molecule has 12 heteroatoms. The number of piperidine rings is 1. The molecular formula is C29H37F2N5O5. The third-order valence-electron chi connectivity index (χ3n) is 7.88. The Morgan fingerprint density at radius 3 is 2.24 bits per heavy atom. The zero-order valence-electron chi connectivity index (χ0n) is 23.1. The van der Waals surface area contributed by atoms with Gasteiger partial charge in [0, 0.05) is 32.1 Å². The minimum absolute atomic E-state index is 0.00453. The number of nitrogens with one attached hydrogen (secondary N) is 1. The topological polar surface area (TPSA) is 128 Å². The van der Waals surface area contributed by atoms with Crippen molar-refractivity contribution < 1.29 is 33.0 Å². The molecule has 0 bridgehead atoms. The van der Waals surface area contributed by atoms with E-state index in [1.807, 2.05) is 42.5 Å². The first-order chi connectivity index (χ1) is 19.5. The van der Waals surface area contributed by atoms with Gasteiger partial charge in [0.1, 0.15) is 11.3 Å². The van der Waals surface area contributed by atoms with Gasteiger partial charge in [-0.2, -0.15) is 0 Å². The first-order valence-corrected chi connectivity index (χ1v) is 13.7. The quantitative estimate of drug-likeness (QED) is 0.431. The van der Waals surface area contributed by atoms with Crippen LogP contribution in [0.3, 0.4) is 0 Å². The lowest BCUT2D eigenvalue weighted by molar-refractivity contribution is -0.133. The highest BCUT2D eigenvalue weighted by Crippen LogP contribution is 2.31. The highest BCUT2D eigenvalue weighted by Gasteiger charge is 2.52. The van der Waals surface area contributed by atoms with Crippen molar-refractivity contribution in [2.45, 2.75) is 49.7 Å². The first-order valence-electron chi connectivity index (χ1n) is 13.7. The van der Waals surface area contributed by atoms with Gasteiger partial charge in [0.15, 0.2) is 0 Å². The fourth-order valence-electron chi connectivity index (χ4n) is 5.32. The minimum atomic E-state index is -2.81. The standard InChI is InChI=1S/C24H30N4O3.C5H7F2NO2/c1-31-20-9-7-18(8-10-20)17-28-22(29)24(26-23(28)30)12-15-27(16-13-24)14-11-21(25)19-5-3-2-4-6-19;6-5(7)1-2-8(3-5)4(9)10/h2-10,21H,11-17,25H2,1H3,(H,26,30);1-3H2,(H,9,10)/t21-;/m0./s1. The maximum absolute atomic E-state index is 13.2. The van der Waals surface area contributed by atoms with Gasteiger partial charge >= 0.3 is 12.1 Å². The molecule has 222 valence electrons. The summed E-state index contributed by atoms with van der Waals surface area (Å²) in [6, 6.07) is 17.2. The molecule has 3 aliphatic rings. The molecule has 4 amide bonds. The van der Waals surface area contributed by atoms with E-state index < -0.39 is 24.1 Å². The van der Waals surface area contributed by atoms with E-state index in [4.69, 9.17) is 15.6 Å². The van der Waals surface area contributed by atoms with E-state index >= 15 is 0 Å². The highest BCUT2D eigenvalue weighted by atomic mass is 19.3. The van der Waals surface area contributed by atoms with Gasteiger partial charge in [-0.15, -0.1) is 0 Å².